The molecule has 4 nitrogen and oxygen atoms in total. The van der Waals surface area contributed by atoms with E-state index < -0.39 is 11.9 Å². The summed E-state index contributed by atoms with van der Waals surface area (Å²) in [7, 11) is 1.38. The summed E-state index contributed by atoms with van der Waals surface area (Å²) in [6.07, 6.45) is -4.59. The lowest BCUT2D eigenvalue weighted by atomic mass is 10.2. The highest BCUT2D eigenvalue weighted by Gasteiger charge is 2.39. The van der Waals surface area contributed by atoms with E-state index in [1.807, 2.05) is 0 Å². The lowest BCUT2D eigenvalue weighted by Crippen LogP contribution is -2.15. The Hall–Kier alpha value is -2.18. The molecule has 0 bridgehead atoms. The number of para-hydroxylation sites is 2. The van der Waals surface area contributed by atoms with Crippen molar-refractivity contribution in [1.82, 2.24) is 9.78 Å². The number of benzene rings is 1. The van der Waals surface area contributed by atoms with Crippen molar-refractivity contribution >= 4 is 5.69 Å². The van der Waals surface area contributed by atoms with Gasteiger partial charge in [0.2, 0.25) is 0 Å². The summed E-state index contributed by atoms with van der Waals surface area (Å²) >= 11 is 0. The number of hydrogen-bond donors (Lipinski definition) is 1. The number of nitrogens with two attached hydrogens (primary N) is 1. The quantitative estimate of drug-likeness (QED) is 0.913. The fourth-order valence-electron chi connectivity index (χ4n) is 1.79. The van der Waals surface area contributed by atoms with Gasteiger partial charge >= 0.3 is 6.18 Å². The topological polar surface area (TPSA) is 53.1 Å². The molecule has 0 amide bonds. The van der Waals surface area contributed by atoms with E-state index in [2.05, 4.69) is 5.10 Å². The molecule has 0 radical (unpaired) electrons. The first-order valence-electron chi connectivity index (χ1n) is 5.42. The number of aromatic nitrogens is 2. The van der Waals surface area contributed by atoms with Crippen LogP contribution >= 0.6 is 0 Å². The van der Waals surface area contributed by atoms with Crippen molar-refractivity contribution in [2.45, 2.75) is 13.1 Å². The van der Waals surface area contributed by atoms with Crippen LogP contribution < -0.4 is 10.5 Å². The highest BCUT2D eigenvalue weighted by Crippen LogP contribution is 2.38. The van der Waals surface area contributed by atoms with Gasteiger partial charge in [-0.25, -0.2) is 4.68 Å². The summed E-state index contributed by atoms with van der Waals surface area (Å²) in [4.78, 5) is 0. The fraction of sp³-hybridized carbons (Fsp3) is 0.250. The standard InChI is InChI=1S/C12H12F3N3O/c1-7-10(16)11(12(13,14)15)18(17-7)8-5-3-4-6-9(8)19-2/h3-6H,16H2,1-2H3. The number of rotatable bonds is 2. The number of anilines is 1. The molecular formula is C12H12F3N3O. The molecule has 0 unspecified atom stereocenters. The van der Waals surface area contributed by atoms with Gasteiger partial charge in [-0.3, -0.25) is 0 Å². The summed E-state index contributed by atoms with van der Waals surface area (Å²) in [6, 6.07) is 6.31. The van der Waals surface area contributed by atoms with Crippen LogP contribution in [0.2, 0.25) is 0 Å². The van der Waals surface area contributed by atoms with Gasteiger partial charge < -0.3 is 10.5 Å². The van der Waals surface area contributed by atoms with Crippen molar-refractivity contribution < 1.29 is 17.9 Å². The predicted molar refractivity (Wildman–Crippen MR) is 64.3 cm³/mol. The Morgan fingerprint density at radius 2 is 1.89 bits per heavy atom. The molecule has 0 saturated heterocycles. The first-order valence-corrected chi connectivity index (χ1v) is 5.42. The second-order valence-corrected chi connectivity index (χ2v) is 3.93. The zero-order chi connectivity index (χ0) is 14.2. The molecule has 7 heteroatoms. The molecule has 2 aromatic rings. The van der Waals surface area contributed by atoms with E-state index in [9.17, 15) is 13.2 Å². The molecule has 2 rings (SSSR count). The minimum absolute atomic E-state index is 0.123. The molecular weight excluding hydrogens is 259 g/mol. The van der Waals surface area contributed by atoms with E-state index in [-0.39, 0.29) is 22.8 Å². The van der Waals surface area contributed by atoms with Crippen molar-refractivity contribution in [3.05, 3.63) is 35.7 Å². The molecule has 1 aromatic carbocycles. The van der Waals surface area contributed by atoms with Crippen LogP contribution in [0.1, 0.15) is 11.4 Å². The maximum atomic E-state index is 13.1. The summed E-state index contributed by atoms with van der Waals surface area (Å²) < 4.78 is 45.0. The normalized spacial score (nSPS) is 11.6. The Kier molecular flexibility index (Phi) is 3.13. The molecule has 0 atom stereocenters. The third-order valence-corrected chi connectivity index (χ3v) is 2.69. The van der Waals surface area contributed by atoms with Gasteiger partial charge in [-0.05, 0) is 19.1 Å². The molecule has 0 aliphatic carbocycles. The summed E-state index contributed by atoms with van der Waals surface area (Å²) in [5.41, 5.74) is 4.42. The number of aryl methyl sites for hydroxylation is 1. The monoisotopic (exact) mass is 271 g/mol. The van der Waals surface area contributed by atoms with Gasteiger partial charge in [0.05, 0.1) is 18.5 Å². The Morgan fingerprint density at radius 3 is 2.47 bits per heavy atom. The van der Waals surface area contributed by atoms with E-state index in [1.165, 1.54) is 20.1 Å². The first-order chi connectivity index (χ1) is 8.86. The number of halogens is 3. The number of nitrogen functional groups attached to an aromatic ring is 1. The number of ether oxygens (including phenoxy) is 1. The molecule has 19 heavy (non-hydrogen) atoms. The summed E-state index contributed by atoms with van der Waals surface area (Å²) in [6.45, 7) is 1.43. The molecule has 1 aromatic heterocycles. The third kappa shape index (κ3) is 2.23. The minimum atomic E-state index is -4.59. The number of methoxy groups -OCH3 is 1. The lowest BCUT2D eigenvalue weighted by Gasteiger charge is -2.13. The summed E-state index contributed by atoms with van der Waals surface area (Å²) in [5, 5.41) is 3.85. The van der Waals surface area contributed by atoms with Gasteiger partial charge in [-0.1, -0.05) is 12.1 Å². The Balaban J connectivity index is 2.73. The van der Waals surface area contributed by atoms with E-state index in [4.69, 9.17) is 10.5 Å². The molecule has 0 aliphatic rings. The number of nitrogens with zero attached hydrogens (tertiary/aromatic N) is 2. The summed E-state index contributed by atoms with van der Waals surface area (Å²) in [5.74, 6) is 0.287. The van der Waals surface area contributed by atoms with Crippen LogP contribution in [0, 0.1) is 6.92 Å². The zero-order valence-electron chi connectivity index (χ0n) is 10.3. The predicted octanol–water partition coefficient (Wildman–Crippen LogP) is 2.79. The highest BCUT2D eigenvalue weighted by atomic mass is 19.4. The third-order valence-electron chi connectivity index (χ3n) is 2.69. The average molecular weight is 271 g/mol. The molecule has 102 valence electrons. The van der Waals surface area contributed by atoms with Crippen LogP contribution in [0.15, 0.2) is 24.3 Å². The van der Waals surface area contributed by atoms with Gasteiger partial charge in [0, 0.05) is 0 Å². The van der Waals surface area contributed by atoms with Crippen LogP contribution in [-0.2, 0) is 6.18 Å². The first kappa shape index (κ1) is 13.3. The maximum Gasteiger partial charge on any atom is 0.435 e. The Morgan fingerprint density at radius 1 is 1.26 bits per heavy atom. The van der Waals surface area contributed by atoms with Crippen LogP contribution in [0.5, 0.6) is 5.75 Å². The molecule has 2 N–H and O–H groups in total. The van der Waals surface area contributed by atoms with Crippen molar-refractivity contribution in [3.8, 4) is 11.4 Å². The minimum Gasteiger partial charge on any atom is -0.494 e. The maximum absolute atomic E-state index is 13.1. The SMILES string of the molecule is COc1ccccc1-n1nc(C)c(N)c1C(F)(F)F. The van der Waals surface area contributed by atoms with E-state index in [0.29, 0.717) is 0 Å². The molecule has 0 saturated carbocycles. The zero-order valence-corrected chi connectivity index (χ0v) is 10.3. The van der Waals surface area contributed by atoms with Crippen LogP contribution in [0.4, 0.5) is 18.9 Å². The van der Waals surface area contributed by atoms with Crippen LogP contribution in [0.25, 0.3) is 5.69 Å². The molecule has 0 aliphatic heterocycles. The number of hydrogen-bond acceptors (Lipinski definition) is 3. The highest BCUT2D eigenvalue weighted by molar-refractivity contribution is 5.55. The second kappa shape index (κ2) is 4.49. The Labute approximate surface area is 107 Å². The van der Waals surface area contributed by atoms with E-state index >= 15 is 0 Å². The van der Waals surface area contributed by atoms with E-state index in [0.717, 1.165) is 4.68 Å². The molecule has 0 fully saturated rings. The largest absolute Gasteiger partial charge is 0.494 e. The van der Waals surface area contributed by atoms with Crippen molar-refractivity contribution in [3.63, 3.8) is 0 Å². The van der Waals surface area contributed by atoms with Gasteiger partial charge in [-0.2, -0.15) is 18.3 Å². The molecule has 1 heterocycles. The smallest absolute Gasteiger partial charge is 0.435 e. The van der Waals surface area contributed by atoms with Crippen LogP contribution in [-0.4, -0.2) is 16.9 Å². The fourth-order valence-corrected chi connectivity index (χ4v) is 1.79. The Bertz CT molecular complexity index is 605. The van der Waals surface area contributed by atoms with Gasteiger partial charge in [0.15, 0.2) is 5.69 Å². The van der Waals surface area contributed by atoms with Crippen molar-refractivity contribution in [2.24, 2.45) is 0 Å². The number of alkyl halides is 3. The van der Waals surface area contributed by atoms with Crippen molar-refractivity contribution in [2.75, 3.05) is 12.8 Å². The van der Waals surface area contributed by atoms with Gasteiger partial charge in [0.25, 0.3) is 0 Å². The van der Waals surface area contributed by atoms with Gasteiger partial charge in [-0.15, -0.1) is 0 Å². The lowest BCUT2D eigenvalue weighted by molar-refractivity contribution is -0.142. The average Bonchev–Trinajstić information content (AvgIpc) is 2.65. The second-order valence-electron chi connectivity index (χ2n) is 3.93. The van der Waals surface area contributed by atoms with Crippen LogP contribution in [0.3, 0.4) is 0 Å². The van der Waals surface area contributed by atoms with Crippen molar-refractivity contribution in [1.29, 1.82) is 0 Å². The molecule has 0 spiro atoms. The van der Waals surface area contributed by atoms with E-state index in [1.54, 1.807) is 18.2 Å². The van der Waals surface area contributed by atoms with Gasteiger partial charge in [0.1, 0.15) is 11.4 Å².